The van der Waals surface area contributed by atoms with Crippen LogP contribution in [0.4, 0.5) is 0 Å². The quantitative estimate of drug-likeness (QED) is 0.766. The number of rotatable bonds is 3. The van der Waals surface area contributed by atoms with Crippen LogP contribution < -0.4 is 10.6 Å². The molecule has 1 atom stereocenters. The zero-order valence-electron chi connectivity index (χ0n) is 10.3. The summed E-state index contributed by atoms with van der Waals surface area (Å²) in [6.07, 6.45) is 7.40. The minimum absolute atomic E-state index is 0.0857. The first-order chi connectivity index (χ1) is 7.75. The van der Waals surface area contributed by atoms with Crippen LogP contribution in [-0.2, 0) is 4.79 Å². The van der Waals surface area contributed by atoms with E-state index in [1.54, 1.807) is 0 Å². The molecule has 0 aromatic rings. The van der Waals surface area contributed by atoms with Gasteiger partial charge in [0.2, 0.25) is 5.91 Å². The lowest BCUT2D eigenvalue weighted by atomic mass is 9.83. The number of nitrogens with one attached hydrogen (secondary N) is 2. The van der Waals surface area contributed by atoms with E-state index in [0.717, 1.165) is 37.8 Å². The van der Waals surface area contributed by atoms with Crippen LogP contribution in [-0.4, -0.2) is 25.0 Å². The molecule has 1 aliphatic carbocycles. The van der Waals surface area contributed by atoms with Crippen molar-refractivity contribution in [3.63, 3.8) is 0 Å². The third-order valence-electron chi connectivity index (χ3n) is 4.08. The summed E-state index contributed by atoms with van der Waals surface area (Å²) in [6.45, 7) is 4.22. The Hall–Kier alpha value is -0.570. The van der Waals surface area contributed by atoms with Crippen LogP contribution >= 0.6 is 0 Å². The van der Waals surface area contributed by atoms with E-state index in [1.807, 2.05) is 0 Å². The van der Waals surface area contributed by atoms with Gasteiger partial charge in [-0.1, -0.05) is 19.8 Å². The SMILES string of the molecule is CC1CCC(CNC(=O)C2CCCN2)CC1. The number of hydrogen-bond donors (Lipinski definition) is 2. The topological polar surface area (TPSA) is 41.1 Å². The first-order valence-electron chi connectivity index (χ1n) is 6.77. The van der Waals surface area contributed by atoms with Gasteiger partial charge in [-0.15, -0.1) is 0 Å². The van der Waals surface area contributed by atoms with Gasteiger partial charge in [0.1, 0.15) is 0 Å². The molecule has 2 aliphatic rings. The maximum absolute atomic E-state index is 11.8. The summed E-state index contributed by atoms with van der Waals surface area (Å²) in [6, 6.07) is 0.0857. The van der Waals surface area contributed by atoms with Crippen LogP contribution in [0.15, 0.2) is 0 Å². The first kappa shape index (κ1) is 11.9. The van der Waals surface area contributed by atoms with Gasteiger partial charge in [-0.3, -0.25) is 4.79 Å². The van der Waals surface area contributed by atoms with Crippen molar-refractivity contribution in [2.75, 3.05) is 13.1 Å². The monoisotopic (exact) mass is 224 g/mol. The van der Waals surface area contributed by atoms with E-state index in [-0.39, 0.29) is 11.9 Å². The van der Waals surface area contributed by atoms with Gasteiger partial charge in [0.25, 0.3) is 0 Å². The van der Waals surface area contributed by atoms with Crippen molar-refractivity contribution in [2.24, 2.45) is 11.8 Å². The molecule has 2 N–H and O–H groups in total. The fourth-order valence-corrected chi connectivity index (χ4v) is 2.81. The predicted octanol–water partition coefficient (Wildman–Crippen LogP) is 1.68. The van der Waals surface area contributed by atoms with E-state index in [4.69, 9.17) is 0 Å². The van der Waals surface area contributed by atoms with E-state index in [9.17, 15) is 4.79 Å². The second kappa shape index (κ2) is 5.67. The normalized spacial score (nSPS) is 34.9. The molecule has 3 heteroatoms. The molecule has 0 spiro atoms. The Morgan fingerprint density at radius 3 is 2.62 bits per heavy atom. The summed E-state index contributed by atoms with van der Waals surface area (Å²) in [5.41, 5.74) is 0. The molecular formula is C13H24N2O. The second-order valence-corrected chi connectivity index (χ2v) is 5.52. The molecule has 0 radical (unpaired) electrons. The Bertz CT molecular complexity index is 228. The highest BCUT2D eigenvalue weighted by Gasteiger charge is 2.23. The van der Waals surface area contributed by atoms with Gasteiger partial charge in [0.15, 0.2) is 0 Å². The minimum atomic E-state index is 0.0857. The van der Waals surface area contributed by atoms with Crippen LogP contribution in [0.2, 0.25) is 0 Å². The molecule has 1 saturated heterocycles. The summed E-state index contributed by atoms with van der Waals surface area (Å²) < 4.78 is 0. The van der Waals surface area contributed by atoms with Crippen LogP contribution in [0.3, 0.4) is 0 Å². The standard InChI is InChI=1S/C13H24N2O/c1-10-4-6-11(7-5-10)9-15-13(16)12-3-2-8-14-12/h10-12,14H,2-9H2,1H3,(H,15,16). The van der Waals surface area contributed by atoms with E-state index in [0.29, 0.717) is 0 Å². The third-order valence-corrected chi connectivity index (χ3v) is 4.08. The van der Waals surface area contributed by atoms with Crippen LogP contribution in [0.1, 0.15) is 45.4 Å². The summed E-state index contributed by atoms with van der Waals surface area (Å²) in [5.74, 6) is 1.83. The molecule has 0 bridgehead atoms. The molecule has 16 heavy (non-hydrogen) atoms. The first-order valence-corrected chi connectivity index (χ1v) is 6.77. The van der Waals surface area contributed by atoms with Gasteiger partial charge in [-0.25, -0.2) is 0 Å². The molecule has 2 fully saturated rings. The summed E-state index contributed by atoms with van der Waals surface area (Å²) in [7, 11) is 0. The average Bonchev–Trinajstić information content (AvgIpc) is 2.81. The molecule has 1 heterocycles. The van der Waals surface area contributed by atoms with Gasteiger partial charge in [-0.2, -0.15) is 0 Å². The van der Waals surface area contributed by atoms with Crippen molar-refractivity contribution < 1.29 is 4.79 Å². The van der Waals surface area contributed by atoms with Crippen molar-refractivity contribution in [3.8, 4) is 0 Å². The number of carbonyl (C=O) groups is 1. The lowest BCUT2D eigenvalue weighted by Gasteiger charge is -2.26. The van der Waals surface area contributed by atoms with Crippen LogP contribution in [0, 0.1) is 11.8 Å². The van der Waals surface area contributed by atoms with Crippen LogP contribution in [0.25, 0.3) is 0 Å². The second-order valence-electron chi connectivity index (χ2n) is 5.52. The Kier molecular flexibility index (Phi) is 4.22. The van der Waals surface area contributed by atoms with Crippen molar-refractivity contribution in [3.05, 3.63) is 0 Å². The fraction of sp³-hybridized carbons (Fsp3) is 0.923. The maximum Gasteiger partial charge on any atom is 0.237 e. The van der Waals surface area contributed by atoms with Crippen molar-refractivity contribution in [1.82, 2.24) is 10.6 Å². The van der Waals surface area contributed by atoms with Gasteiger partial charge in [0, 0.05) is 6.54 Å². The number of hydrogen-bond acceptors (Lipinski definition) is 2. The zero-order valence-corrected chi connectivity index (χ0v) is 10.3. The molecule has 0 aromatic heterocycles. The fourth-order valence-electron chi connectivity index (χ4n) is 2.81. The van der Waals surface area contributed by atoms with E-state index >= 15 is 0 Å². The summed E-state index contributed by atoms with van der Waals surface area (Å²) in [4.78, 5) is 11.8. The minimum Gasteiger partial charge on any atom is -0.354 e. The average molecular weight is 224 g/mol. The third kappa shape index (κ3) is 3.21. The summed E-state index contributed by atoms with van der Waals surface area (Å²) in [5, 5.41) is 6.35. The number of amides is 1. The van der Waals surface area contributed by atoms with Gasteiger partial charge < -0.3 is 10.6 Å². The molecule has 3 nitrogen and oxygen atoms in total. The molecule has 1 amide bonds. The maximum atomic E-state index is 11.8. The van der Waals surface area contributed by atoms with Crippen LogP contribution in [0.5, 0.6) is 0 Å². The van der Waals surface area contributed by atoms with Crippen molar-refractivity contribution >= 4 is 5.91 Å². The highest BCUT2D eigenvalue weighted by Crippen LogP contribution is 2.27. The van der Waals surface area contributed by atoms with Gasteiger partial charge >= 0.3 is 0 Å². The van der Waals surface area contributed by atoms with Gasteiger partial charge in [0.05, 0.1) is 6.04 Å². The molecule has 2 rings (SSSR count). The highest BCUT2D eigenvalue weighted by atomic mass is 16.2. The molecule has 1 saturated carbocycles. The largest absolute Gasteiger partial charge is 0.354 e. The van der Waals surface area contributed by atoms with E-state index in [1.165, 1.54) is 25.7 Å². The number of carbonyl (C=O) groups excluding carboxylic acids is 1. The Balaban J connectivity index is 1.65. The Morgan fingerprint density at radius 2 is 2.00 bits per heavy atom. The van der Waals surface area contributed by atoms with E-state index in [2.05, 4.69) is 17.6 Å². The Morgan fingerprint density at radius 1 is 1.25 bits per heavy atom. The Labute approximate surface area is 98.4 Å². The molecule has 92 valence electrons. The van der Waals surface area contributed by atoms with E-state index < -0.39 is 0 Å². The molecule has 0 aromatic carbocycles. The molecular weight excluding hydrogens is 200 g/mol. The lowest BCUT2D eigenvalue weighted by Crippen LogP contribution is -2.42. The van der Waals surface area contributed by atoms with Gasteiger partial charge in [-0.05, 0) is 44.1 Å². The zero-order chi connectivity index (χ0) is 11.4. The van der Waals surface area contributed by atoms with Crippen molar-refractivity contribution in [1.29, 1.82) is 0 Å². The lowest BCUT2D eigenvalue weighted by molar-refractivity contribution is -0.123. The van der Waals surface area contributed by atoms with Crippen molar-refractivity contribution in [2.45, 2.75) is 51.5 Å². The summed E-state index contributed by atoms with van der Waals surface area (Å²) >= 11 is 0. The molecule has 1 unspecified atom stereocenters. The predicted molar refractivity (Wildman–Crippen MR) is 65.2 cm³/mol. The smallest absolute Gasteiger partial charge is 0.237 e. The molecule has 1 aliphatic heterocycles. The highest BCUT2D eigenvalue weighted by molar-refractivity contribution is 5.81.